The summed E-state index contributed by atoms with van der Waals surface area (Å²) in [5, 5.41) is 7.77. The van der Waals surface area contributed by atoms with Gasteiger partial charge in [0, 0.05) is 15.6 Å². The summed E-state index contributed by atoms with van der Waals surface area (Å²) in [5.74, 6) is 3.12. The van der Waals surface area contributed by atoms with Crippen LogP contribution in [0, 0.1) is 29.6 Å². The lowest BCUT2D eigenvalue weighted by molar-refractivity contribution is -0.433. The Hall–Kier alpha value is -2.44. The molecule has 2 amide bonds. The van der Waals surface area contributed by atoms with Crippen molar-refractivity contribution in [2.45, 2.75) is 24.4 Å². The van der Waals surface area contributed by atoms with Gasteiger partial charge in [-0.2, -0.15) is 0 Å². The van der Waals surface area contributed by atoms with E-state index in [1.165, 1.54) is 0 Å². The van der Waals surface area contributed by atoms with Crippen molar-refractivity contribution in [1.29, 1.82) is 0 Å². The van der Waals surface area contributed by atoms with Gasteiger partial charge in [-0.1, -0.05) is 23.2 Å². The highest BCUT2D eigenvalue weighted by Gasteiger charge is 2.95. The minimum atomic E-state index is -0.217. The van der Waals surface area contributed by atoms with Crippen molar-refractivity contribution >= 4 is 35.0 Å². The molecule has 4 fully saturated rings. The summed E-state index contributed by atoms with van der Waals surface area (Å²) < 4.78 is 11.2. The molecule has 0 aromatic heterocycles. The van der Waals surface area contributed by atoms with E-state index in [9.17, 15) is 9.59 Å². The van der Waals surface area contributed by atoms with Crippen molar-refractivity contribution in [2.24, 2.45) is 29.6 Å². The summed E-state index contributed by atoms with van der Waals surface area (Å²) in [5.41, 5.74) is -0.301. The van der Waals surface area contributed by atoms with E-state index in [1.54, 1.807) is 48.5 Å². The zero-order chi connectivity index (χ0) is 23.0. The molecule has 4 unspecified atom stereocenters. The fraction of sp³-hybridized carbons (Fsp3) is 0.440. The Kier molecular flexibility index (Phi) is 4.66. The largest absolute Gasteiger partial charge is 0.484 e. The quantitative estimate of drug-likeness (QED) is 0.596. The topological polar surface area (TPSA) is 76.7 Å². The van der Waals surface area contributed by atoms with Gasteiger partial charge >= 0.3 is 0 Å². The number of amides is 2. The van der Waals surface area contributed by atoms with E-state index in [1.807, 2.05) is 0 Å². The van der Waals surface area contributed by atoms with E-state index in [-0.39, 0.29) is 36.1 Å². The number of halogens is 2. The lowest BCUT2D eigenvalue weighted by atomic mass is 9.12. The molecule has 0 heterocycles. The number of carbonyl (C=O) groups excluding carboxylic acids is 2. The third kappa shape index (κ3) is 2.93. The Morgan fingerprint density at radius 2 is 1.27 bits per heavy atom. The lowest BCUT2D eigenvalue weighted by Crippen LogP contribution is -3.04. The normalized spacial score (nSPS) is 36.0. The Morgan fingerprint density at radius 3 is 1.73 bits per heavy atom. The van der Waals surface area contributed by atoms with E-state index in [0.29, 0.717) is 51.1 Å². The molecular formula is C25H24Cl2N2O4. The molecule has 0 saturated heterocycles. The van der Waals surface area contributed by atoms with Crippen LogP contribution in [0.4, 0.5) is 0 Å². The Balaban J connectivity index is 1.02. The molecule has 2 aromatic rings. The number of benzene rings is 2. The lowest BCUT2D eigenvalue weighted by Gasteiger charge is -2.95. The molecule has 2 N–H and O–H groups in total. The standard InChI is InChI=1S/C25H24Cl2N2O4/c1-24(28-19(30)11-32-15-6-2-13(26)3-7-15)21-17-10-18-22(24)23(21)25(17,18)29-20(31)12-33-16-8-4-14(27)5-9-16/h2-9,17-18,21-23H,10-12H2,1H3,(H,28,30)(H,29,31). The average molecular weight is 487 g/mol. The smallest absolute Gasteiger partial charge is 0.258 e. The summed E-state index contributed by atoms with van der Waals surface area (Å²) in [6, 6.07) is 13.9. The number of carbonyl (C=O) groups is 2. The third-order valence-corrected chi connectivity index (χ3v) is 8.95. The third-order valence-electron chi connectivity index (χ3n) is 8.44. The first-order valence-corrected chi connectivity index (χ1v) is 12.0. The SMILES string of the molecule is CC1(NC(=O)COc2ccc(Cl)cc2)C2C3CC4C1C2C34NC(=O)COc1ccc(Cl)cc1. The van der Waals surface area contributed by atoms with Crippen LogP contribution in [0.2, 0.25) is 10.0 Å². The Bertz CT molecular complexity index is 1090. The summed E-state index contributed by atoms with van der Waals surface area (Å²) >= 11 is 11.8. The molecule has 0 spiro atoms. The predicted octanol–water partition coefficient (Wildman–Crippen LogP) is 3.71. The second-order valence-corrected chi connectivity index (χ2v) is 10.7. The van der Waals surface area contributed by atoms with E-state index < -0.39 is 0 Å². The number of fused-ring (bicyclic) bond motifs is 2. The number of hydrogen-bond acceptors (Lipinski definition) is 4. The number of hydrogen-bond donors (Lipinski definition) is 2. The van der Waals surface area contributed by atoms with Crippen molar-refractivity contribution in [2.75, 3.05) is 13.2 Å². The zero-order valence-corrected chi connectivity index (χ0v) is 19.5. The highest BCUT2D eigenvalue weighted by Crippen LogP contribution is 2.89. The molecule has 6 nitrogen and oxygen atoms in total. The van der Waals surface area contributed by atoms with Gasteiger partial charge in [-0.05, 0) is 91.5 Å². The molecule has 4 atom stereocenters. The maximum atomic E-state index is 12.6. The first kappa shape index (κ1) is 21.1. The molecule has 0 radical (unpaired) electrons. The van der Waals surface area contributed by atoms with E-state index in [2.05, 4.69) is 17.6 Å². The Morgan fingerprint density at radius 1 is 0.818 bits per heavy atom. The van der Waals surface area contributed by atoms with Crippen molar-refractivity contribution in [3.8, 4) is 11.5 Å². The van der Waals surface area contributed by atoms with Crippen molar-refractivity contribution < 1.29 is 19.1 Å². The predicted molar refractivity (Wildman–Crippen MR) is 123 cm³/mol. The molecule has 172 valence electrons. The molecule has 8 heteroatoms. The van der Waals surface area contributed by atoms with Crippen molar-refractivity contribution in [3.05, 3.63) is 58.6 Å². The highest BCUT2D eigenvalue weighted by molar-refractivity contribution is 6.30. The van der Waals surface area contributed by atoms with Crippen LogP contribution in [0.15, 0.2) is 48.5 Å². The zero-order valence-electron chi connectivity index (χ0n) is 18.0. The van der Waals surface area contributed by atoms with Crippen LogP contribution in [-0.2, 0) is 9.59 Å². The molecule has 4 aliphatic rings. The first-order chi connectivity index (χ1) is 15.8. The maximum absolute atomic E-state index is 12.6. The number of nitrogens with one attached hydrogen (secondary N) is 2. The van der Waals surface area contributed by atoms with Crippen LogP contribution in [0.1, 0.15) is 13.3 Å². The monoisotopic (exact) mass is 486 g/mol. The summed E-state index contributed by atoms with van der Waals surface area (Å²) in [4.78, 5) is 25.2. The first-order valence-electron chi connectivity index (χ1n) is 11.2. The van der Waals surface area contributed by atoms with Crippen LogP contribution in [0.5, 0.6) is 11.5 Å². The number of ether oxygens (including phenoxy) is 2. The molecule has 4 aliphatic carbocycles. The fourth-order valence-corrected chi connectivity index (χ4v) is 7.59. The van der Waals surface area contributed by atoms with E-state index >= 15 is 0 Å². The maximum Gasteiger partial charge on any atom is 0.258 e. The van der Waals surface area contributed by atoms with Gasteiger partial charge in [-0.25, -0.2) is 0 Å². The molecule has 4 saturated carbocycles. The van der Waals surface area contributed by atoms with Gasteiger partial charge in [0.25, 0.3) is 11.8 Å². The van der Waals surface area contributed by atoms with Crippen molar-refractivity contribution in [3.63, 3.8) is 0 Å². The molecule has 6 rings (SSSR count). The molecule has 0 bridgehead atoms. The highest BCUT2D eigenvalue weighted by atomic mass is 35.5. The summed E-state index contributed by atoms with van der Waals surface area (Å²) in [6.07, 6.45) is 1.12. The van der Waals surface area contributed by atoms with Gasteiger partial charge in [-0.3, -0.25) is 9.59 Å². The van der Waals surface area contributed by atoms with Crippen LogP contribution in [0.25, 0.3) is 0 Å². The van der Waals surface area contributed by atoms with Crippen molar-refractivity contribution in [1.82, 2.24) is 10.6 Å². The molecular weight excluding hydrogens is 463 g/mol. The average Bonchev–Trinajstić information content (AvgIpc) is 2.81. The van der Waals surface area contributed by atoms with Gasteiger partial charge < -0.3 is 20.1 Å². The van der Waals surface area contributed by atoms with E-state index in [4.69, 9.17) is 32.7 Å². The van der Waals surface area contributed by atoms with Crippen LogP contribution >= 0.6 is 23.2 Å². The van der Waals surface area contributed by atoms with Gasteiger partial charge in [0.15, 0.2) is 13.2 Å². The molecule has 0 aliphatic heterocycles. The fourth-order valence-electron chi connectivity index (χ4n) is 7.34. The Labute approximate surface area is 201 Å². The van der Waals surface area contributed by atoms with Crippen LogP contribution in [0.3, 0.4) is 0 Å². The number of rotatable bonds is 8. The van der Waals surface area contributed by atoms with Gasteiger partial charge in [-0.15, -0.1) is 0 Å². The molecule has 33 heavy (non-hydrogen) atoms. The minimum Gasteiger partial charge on any atom is -0.484 e. The molecule has 2 aromatic carbocycles. The van der Waals surface area contributed by atoms with Gasteiger partial charge in [0.1, 0.15) is 11.5 Å². The van der Waals surface area contributed by atoms with Crippen LogP contribution < -0.4 is 20.1 Å². The summed E-state index contributed by atoms with van der Waals surface area (Å²) in [7, 11) is 0. The van der Waals surface area contributed by atoms with E-state index in [0.717, 1.165) is 6.42 Å². The van der Waals surface area contributed by atoms with Crippen LogP contribution in [-0.4, -0.2) is 36.1 Å². The second kappa shape index (κ2) is 7.28. The summed E-state index contributed by atoms with van der Waals surface area (Å²) in [6.45, 7) is 2.11. The van der Waals surface area contributed by atoms with Gasteiger partial charge in [0.05, 0.1) is 5.54 Å². The minimum absolute atomic E-state index is 0.0130. The van der Waals surface area contributed by atoms with Gasteiger partial charge in [0.2, 0.25) is 0 Å². The second-order valence-electron chi connectivity index (χ2n) is 9.82.